The fourth-order valence-electron chi connectivity index (χ4n) is 5.72. The zero-order chi connectivity index (χ0) is 32.8. The molecule has 2 saturated heterocycles. The molecule has 6 atom stereocenters. The maximum absolute atomic E-state index is 13.6. The van der Waals surface area contributed by atoms with Gasteiger partial charge in [0.25, 0.3) is 5.91 Å². The highest BCUT2D eigenvalue weighted by Crippen LogP contribution is 2.46. The SMILES string of the molecule is CCNC(=O)C#Cc1ccc(N2C(=O)[C@H](CC[C@H](O)c3ccc(F)cc3)[C@H]2c2ccc(O[C@H]3C[C@@H](O)C[C@@H](C(=O)O)O3)cc2)cc1. The van der Waals surface area contributed by atoms with Crippen LogP contribution in [0.3, 0.4) is 0 Å². The van der Waals surface area contributed by atoms with Gasteiger partial charge in [-0.2, -0.15) is 0 Å². The summed E-state index contributed by atoms with van der Waals surface area (Å²) in [7, 11) is 0. The molecule has 0 unspecified atom stereocenters. The van der Waals surface area contributed by atoms with Gasteiger partial charge >= 0.3 is 5.97 Å². The first kappa shape index (κ1) is 32.6. The highest BCUT2D eigenvalue weighted by molar-refractivity contribution is 6.03. The second-order valence-electron chi connectivity index (χ2n) is 11.3. The van der Waals surface area contributed by atoms with Crippen LogP contribution in [0.4, 0.5) is 10.1 Å². The molecular formula is C35H35FN2O8. The lowest BCUT2D eigenvalue weighted by atomic mass is 9.78. The van der Waals surface area contributed by atoms with E-state index in [2.05, 4.69) is 17.2 Å². The molecular weight excluding hydrogens is 595 g/mol. The summed E-state index contributed by atoms with van der Waals surface area (Å²) in [5.74, 6) is 3.21. The standard InChI is InChI=1S/C35H35FN2O8/c1-2-37-31(41)18-5-21-3-12-25(13-4-21)38-33(28(34(38)42)16-17-29(40)22-6-10-24(36)11-7-22)23-8-14-27(15-9-23)45-32-20-26(39)19-30(46-32)35(43)44/h3-4,6-15,26,28-30,32-33,39-40H,2,16-17,19-20H2,1H3,(H,37,41)(H,43,44)/t26-,28+,29-,30-,32+,33+/m0/s1. The molecule has 4 N–H and O–H groups in total. The van der Waals surface area contributed by atoms with Gasteiger partial charge in [-0.05, 0) is 79.4 Å². The number of anilines is 1. The van der Waals surface area contributed by atoms with Crippen molar-refractivity contribution < 1.29 is 43.6 Å². The smallest absolute Gasteiger partial charge is 0.333 e. The average Bonchev–Trinajstić information content (AvgIpc) is 3.04. The summed E-state index contributed by atoms with van der Waals surface area (Å²) in [6.45, 7) is 2.28. The number of carboxylic acids is 1. The molecule has 46 heavy (non-hydrogen) atoms. The Labute approximate surface area is 265 Å². The topological polar surface area (TPSA) is 146 Å². The van der Waals surface area contributed by atoms with Crippen molar-refractivity contribution in [2.45, 2.75) is 63.3 Å². The lowest BCUT2D eigenvalue weighted by Crippen LogP contribution is -2.55. The Hall–Kier alpha value is -4.76. The summed E-state index contributed by atoms with van der Waals surface area (Å²) >= 11 is 0. The third-order valence-electron chi connectivity index (χ3n) is 8.05. The van der Waals surface area contributed by atoms with E-state index in [9.17, 15) is 34.1 Å². The number of hydrogen-bond donors (Lipinski definition) is 4. The minimum atomic E-state index is -1.17. The molecule has 11 heteroatoms. The maximum Gasteiger partial charge on any atom is 0.333 e. The molecule has 2 aliphatic heterocycles. The fraction of sp³-hybridized carbons (Fsp3) is 0.343. The van der Waals surface area contributed by atoms with Crippen LogP contribution in [-0.2, 0) is 19.1 Å². The molecule has 3 aromatic rings. The Morgan fingerprint density at radius 3 is 2.41 bits per heavy atom. The molecule has 240 valence electrons. The van der Waals surface area contributed by atoms with Crippen LogP contribution in [0, 0.1) is 23.6 Å². The average molecular weight is 631 g/mol. The van der Waals surface area contributed by atoms with Crippen LogP contribution in [0.1, 0.15) is 61.4 Å². The molecule has 0 aliphatic carbocycles. The lowest BCUT2D eigenvalue weighted by molar-refractivity contribution is -0.195. The fourth-order valence-corrected chi connectivity index (χ4v) is 5.72. The number of nitrogens with zero attached hydrogens (tertiary/aromatic N) is 1. The largest absolute Gasteiger partial charge is 0.479 e. The number of carboxylic acid groups (broad SMARTS) is 1. The summed E-state index contributed by atoms with van der Waals surface area (Å²) < 4.78 is 24.7. The van der Waals surface area contributed by atoms with E-state index in [1.54, 1.807) is 48.2 Å². The van der Waals surface area contributed by atoms with Gasteiger partial charge in [-0.1, -0.05) is 30.2 Å². The minimum Gasteiger partial charge on any atom is -0.479 e. The molecule has 2 fully saturated rings. The summed E-state index contributed by atoms with van der Waals surface area (Å²) in [6.07, 6.45) is -3.08. The zero-order valence-corrected chi connectivity index (χ0v) is 25.1. The van der Waals surface area contributed by atoms with Crippen molar-refractivity contribution in [2.75, 3.05) is 11.4 Å². The summed E-state index contributed by atoms with van der Waals surface area (Å²) in [5, 5.41) is 32.7. The number of rotatable bonds is 10. The van der Waals surface area contributed by atoms with Crippen LogP contribution in [0.25, 0.3) is 0 Å². The van der Waals surface area contributed by atoms with E-state index in [-0.39, 0.29) is 37.1 Å². The van der Waals surface area contributed by atoms with E-state index in [1.165, 1.54) is 24.3 Å². The third-order valence-corrected chi connectivity index (χ3v) is 8.05. The molecule has 0 aromatic heterocycles. The Kier molecular flexibility index (Phi) is 10.3. The Balaban J connectivity index is 1.34. The van der Waals surface area contributed by atoms with E-state index in [0.29, 0.717) is 35.5 Å². The monoisotopic (exact) mass is 630 g/mol. The van der Waals surface area contributed by atoms with Crippen molar-refractivity contribution in [1.82, 2.24) is 5.32 Å². The molecule has 0 bridgehead atoms. The second kappa shape index (κ2) is 14.6. The van der Waals surface area contributed by atoms with Gasteiger partial charge in [-0.15, -0.1) is 0 Å². The Bertz CT molecular complexity index is 1600. The van der Waals surface area contributed by atoms with Gasteiger partial charge in [0.05, 0.1) is 24.2 Å². The van der Waals surface area contributed by atoms with Gasteiger partial charge in [0.1, 0.15) is 11.6 Å². The summed E-state index contributed by atoms with van der Waals surface area (Å²) in [5.41, 5.74) is 2.62. The number of ether oxygens (including phenoxy) is 2. The number of carbonyl (C=O) groups excluding carboxylic acids is 2. The highest BCUT2D eigenvalue weighted by Gasteiger charge is 2.48. The van der Waals surface area contributed by atoms with Gasteiger partial charge in [-0.25, -0.2) is 9.18 Å². The molecule has 3 aromatic carbocycles. The Morgan fingerprint density at radius 2 is 1.76 bits per heavy atom. The number of β-lactam (4-membered cyclic amide) rings is 1. The molecule has 0 radical (unpaired) electrons. The normalized spacial score (nSPS) is 23.0. The van der Waals surface area contributed by atoms with Crippen LogP contribution in [-0.4, -0.2) is 58.1 Å². The first-order chi connectivity index (χ1) is 22.1. The van der Waals surface area contributed by atoms with Gasteiger partial charge in [0, 0.05) is 36.6 Å². The number of halogens is 1. The van der Waals surface area contributed by atoms with Crippen molar-refractivity contribution in [3.63, 3.8) is 0 Å². The maximum atomic E-state index is 13.6. The molecule has 10 nitrogen and oxygen atoms in total. The van der Waals surface area contributed by atoms with Crippen molar-refractivity contribution >= 4 is 23.5 Å². The lowest BCUT2D eigenvalue weighted by Gasteiger charge is -2.48. The number of aliphatic carboxylic acids is 1. The number of benzene rings is 3. The van der Waals surface area contributed by atoms with Crippen molar-refractivity contribution in [3.8, 4) is 17.6 Å². The highest BCUT2D eigenvalue weighted by atomic mass is 19.1. The number of hydrogen-bond acceptors (Lipinski definition) is 7. The van der Waals surface area contributed by atoms with E-state index in [4.69, 9.17) is 9.47 Å². The quantitative estimate of drug-likeness (QED) is 0.195. The number of carbonyl (C=O) groups is 3. The van der Waals surface area contributed by atoms with Crippen LogP contribution >= 0.6 is 0 Å². The Morgan fingerprint density at radius 1 is 1.07 bits per heavy atom. The molecule has 2 aliphatic rings. The number of amides is 2. The zero-order valence-electron chi connectivity index (χ0n) is 25.1. The number of aliphatic hydroxyl groups excluding tert-OH is 2. The van der Waals surface area contributed by atoms with E-state index in [1.807, 2.05) is 12.1 Å². The first-order valence-electron chi connectivity index (χ1n) is 15.1. The van der Waals surface area contributed by atoms with Crippen LogP contribution in [0.5, 0.6) is 5.75 Å². The molecule has 2 heterocycles. The van der Waals surface area contributed by atoms with Crippen LogP contribution in [0.2, 0.25) is 0 Å². The molecule has 0 saturated carbocycles. The molecule has 5 rings (SSSR count). The van der Waals surface area contributed by atoms with Crippen molar-refractivity contribution in [2.24, 2.45) is 5.92 Å². The predicted molar refractivity (Wildman–Crippen MR) is 165 cm³/mol. The molecule has 2 amide bonds. The minimum absolute atomic E-state index is 0.0152. The van der Waals surface area contributed by atoms with Crippen molar-refractivity contribution in [3.05, 3.63) is 95.3 Å². The van der Waals surface area contributed by atoms with Gasteiger partial charge in [-0.3, -0.25) is 9.59 Å². The summed E-state index contributed by atoms with van der Waals surface area (Å²) in [4.78, 5) is 38.3. The summed E-state index contributed by atoms with van der Waals surface area (Å²) in [6, 6.07) is 19.2. The second-order valence-corrected chi connectivity index (χ2v) is 11.3. The number of nitrogens with one attached hydrogen (secondary N) is 1. The van der Waals surface area contributed by atoms with Gasteiger partial charge in [0.2, 0.25) is 12.2 Å². The van der Waals surface area contributed by atoms with E-state index >= 15 is 0 Å². The van der Waals surface area contributed by atoms with E-state index in [0.717, 1.165) is 5.56 Å². The van der Waals surface area contributed by atoms with E-state index < -0.39 is 42.3 Å². The van der Waals surface area contributed by atoms with Gasteiger partial charge < -0.3 is 35.0 Å². The third kappa shape index (κ3) is 7.72. The van der Waals surface area contributed by atoms with Crippen molar-refractivity contribution in [1.29, 1.82) is 0 Å². The van der Waals surface area contributed by atoms with Crippen LogP contribution < -0.4 is 15.0 Å². The first-order valence-corrected chi connectivity index (χ1v) is 15.1. The van der Waals surface area contributed by atoms with Crippen LogP contribution in [0.15, 0.2) is 72.8 Å². The number of aliphatic hydroxyl groups is 2. The van der Waals surface area contributed by atoms with Gasteiger partial charge in [0.15, 0.2) is 6.10 Å². The predicted octanol–water partition coefficient (Wildman–Crippen LogP) is 3.86. The molecule has 0 spiro atoms.